The molecule has 1 aromatic carbocycles. The molecule has 4 N–H and O–H groups in total. The molecular weight excluding hydrogens is 370 g/mol. The van der Waals surface area contributed by atoms with Crippen molar-refractivity contribution in [3.05, 3.63) is 46.4 Å². The van der Waals surface area contributed by atoms with Gasteiger partial charge in [0.15, 0.2) is 0 Å². The number of H-pyrrole nitrogens is 1. The molecule has 0 radical (unpaired) electrons. The van der Waals surface area contributed by atoms with Crippen LogP contribution in [0.5, 0.6) is 0 Å². The number of aliphatic hydroxyl groups is 1. The summed E-state index contributed by atoms with van der Waals surface area (Å²) in [5.74, 6) is 1.51. The summed E-state index contributed by atoms with van der Waals surface area (Å²) in [7, 11) is 0. The topological polar surface area (TPSA) is 131 Å². The van der Waals surface area contributed by atoms with E-state index < -0.39 is 0 Å². The monoisotopic (exact) mass is 393 g/mol. The highest BCUT2D eigenvalue weighted by Crippen LogP contribution is 2.27. The second-order valence-corrected chi connectivity index (χ2v) is 7.18. The summed E-state index contributed by atoms with van der Waals surface area (Å²) in [6.07, 6.45) is 5.78. The van der Waals surface area contributed by atoms with Gasteiger partial charge in [-0.25, -0.2) is 10.1 Å². The second-order valence-electron chi connectivity index (χ2n) is 7.18. The highest BCUT2D eigenvalue weighted by atomic mass is 16.3. The van der Waals surface area contributed by atoms with Crippen molar-refractivity contribution in [3.63, 3.8) is 0 Å². The quantitative estimate of drug-likeness (QED) is 0.472. The zero-order chi connectivity index (χ0) is 20.2. The van der Waals surface area contributed by atoms with Gasteiger partial charge in [0.1, 0.15) is 16.7 Å². The summed E-state index contributed by atoms with van der Waals surface area (Å²) < 4.78 is 0. The van der Waals surface area contributed by atoms with Crippen molar-refractivity contribution in [2.75, 3.05) is 23.3 Å². The molecular formula is C20H23N7O2. The van der Waals surface area contributed by atoms with Crippen molar-refractivity contribution < 1.29 is 5.11 Å². The van der Waals surface area contributed by atoms with E-state index >= 15 is 0 Å². The number of benzene rings is 1. The molecule has 29 heavy (non-hydrogen) atoms. The van der Waals surface area contributed by atoms with Gasteiger partial charge >= 0.3 is 0 Å². The highest BCUT2D eigenvalue weighted by molar-refractivity contribution is 5.90. The van der Waals surface area contributed by atoms with E-state index in [2.05, 4.69) is 30.4 Å². The zero-order valence-electron chi connectivity index (χ0n) is 15.9. The molecule has 1 aliphatic heterocycles. The first kappa shape index (κ1) is 19.0. The number of aromatic nitrogens is 4. The molecule has 3 aromatic rings. The van der Waals surface area contributed by atoms with E-state index in [4.69, 9.17) is 5.41 Å². The van der Waals surface area contributed by atoms with E-state index in [9.17, 15) is 9.90 Å². The predicted molar refractivity (Wildman–Crippen MR) is 112 cm³/mol. The average Bonchev–Trinajstić information content (AvgIpc) is 2.75. The minimum absolute atomic E-state index is 0.0276. The Kier molecular flexibility index (Phi) is 5.48. The minimum Gasteiger partial charge on any atom is -0.392 e. The number of piperidine rings is 1. The first-order chi connectivity index (χ1) is 14.2. The third kappa shape index (κ3) is 4.09. The lowest BCUT2D eigenvalue weighted by atomic mass is 9.94. The van der Waals surface area contributed by atoms with Gasteiger partial charge in [0, 0.05) is 18.8 Å². The van der Waals surface area contributed by atoms with Gasteiger partial charge in [-0.3, -0.25) is 4.79 Å². The lowest BCUT2D eigenvalue weighted by Crippen LogP contribution is -2.35. The number of fused-ring (bicyclic) bond motifs is 1. The van der Waals surface area contributed by atoms with Crippen LogP contribution >= 0.6 is 0 Å². The van der Waals surface area contributed by atoms with Crippen LogP contribution in [0, 0.1) is 11.3 Å². The number of rotatable bonds is 6. The van der Waals surface area contributed by atoms with E-state index in [0.717, 1.165) is 43.6 Å². The Labute approximate surface area is 167 Å². The van der Waals surface area contributed by atoms with Gasteiger partial charge in [0.25, 0.3) is 5.56 Å². The number of hydrogen-bond acceptors (Lipinski definition) is 8. The van der Waals surface area contributed by atoms with Gasteiger partial charge < -0.3 is 20.7 Å². The van der Waals surface area contributed by atoms with Gasteiger partial charge in [0.2, 0.25) is 5.95 Å². The Morgan fingerprint density at radius 1 is 1.24 bits per heavy atom. The first-order valence-electron chi connectivity index (χ1n) is 9.64. The van der Waals surface area contributed by atoms with Crippen molar-refractivity contribution >= 4 is 34.6 Å². The molecule has 0 amide bonds. The number of aromatic amines is 1. The fourth-order valence-corrected chi connectivity index (χ4v) is 3.59. The molecule has 0 spiro atoms. The number of anilines is 3. The second kappa shape index (κ2) is 8.36. The summed E-state index contributed by atoms with van der Waals surface area (Å²) in [5, 5.41) is 26.4. The molecule has 2 aromatic heterocycles. The molecule has 0 aliphatic carbocycles. The molecule has 9 heteroatoms. The maximum absolute atomic E-state index is 12.4. The van der Waals surface area contributed by atoms with Crippen LogP contribution in [0.2, 0.25) is 0 Å². The summed E-state index contributed by atoms with van der Waals surface area (Å²) in [6.45, 7) is 1.59. The molecule has 150 valence electrons. The minimum atomic E-state index is -0.354. The van der Waals surface area contributed by atoms with E-state index in [1.807, 2.05) is 24.3 Å². The molecule has 1 fully saturated rings. The fraction of sp³-hybridized carbons (Fsp3) is 0.350. The van der Waals surface area contributed by atoms with Crippen LogP contribution in [0.15, 0.2) is 35.3 Å². The van der Waals surface area contributed by atoms with Crippen molar-refractivity contribution in [3.8, 4) is 0 Å². The van der Waals surface area contributed by atoms with Crippen LogP contribution in [0.1, 0.15) is 24.8 Å². The van der Waals surface area contributed by atoms with Crippen LogP contribution in [-0.2, 0) is 6.61 Å². The van der Waals surface area contributed by atoms with Gasteiger partial charge in [-0.2, -0.15) is 10.1 Å². The summed E-state index contributed by atoms with van der Waals surface area (Å²) in [6, 6.07) is 7.29. The Hall–Kier alpha value is -3.33. The number of aliphatic hydroxyl groups excluding tert-OH is 1. The van der Waals surface area contributed by atoms with Crippen molar-refractivity contribution in [2.24, 2.45) is 5.92 Å². The Morgan fingerprint density at radius 3 is 2.69 bits per heavy atom. The Bertz CT molecular complexity index is 1060. The van der Waals surface area contributed by atoms with Gasteiger partial charge in [0.05, 0.1) is 12.8 Å². The van der Waals surface area contributed by atoms with E-state index in [1.165, 1.54) is 12.4 Å². The lowest BCUT2D eigenvalue weighted by molar-refractivity contribution is 0.282. The first-order valence-corrected chi connectivity index (χ1v) is 9.64. The van der Waals surface area contributed by atoms with Gasteiger partial charge in [-0.05, 0) is 49.1 Å². The number of nitrogens with zero attached hydrogens (tertiary/aromatic N) is 4. The predicted octanol–water partition coefficient (Wildman–Crippen LogP) is 2.21. The molecule has 0 atom stereocenters. The molecule has 1 aliphatic rings. The number of hydrogen-bond donors (Lipinski definition) is 4. The van der Waals surface area contributed by atoms with E-state index in [-0.39, 0.29) is 12.2 Å². The average molecular weight is 393 g/mol. The maximum atomic E-state index is 12.4. The molecule has 4 rings (SSSR count). The summed E-state index contributed by atoms with van der Waals surface area (Å²) >= 11 is 0. The van der Waals surface area contributed by atoms with Crippen molar-refractivity contribution in [1.29, 1.82) is 5.41 Å². The highest BCUT2D eigenvalue weighted by Gasteiger charge is 2.22. The SMILES string of the molecule is N=CCC1CCN(c2nc(Nc3ccc(CO)cc3)c3c(=O)[nH]ncc3n2)CC1. The Balaban J connectivity index is 1.68. The van der Waals surface area contributed by atoms with Crippen LogP contribution in [0.25, 0.3) is 10.9 Å². The molecule has 1 saturated heterocycles. The van der Waals surface area contributed by atoms with Crippen molar-refractivity contribution in [2.45, 2.75) is 25.9 Å². The lowest BCUT2D eigenvalue weighted by Gasteiger charge is -2.31. The maximum Gasteiger partial charge on any atom is 0.277 e. The van der Waals surface area contributed by atoms with Gasteiger partial charge in [-0.1, -0.05) is 12.1 Å². The largest absolute Gasteiger partial charge is 0.392 e. The summed E-state index contributed by atoms with van der Waals surface area (Å²) in [5.41, 5.74) is 1.69. The normalized spacial score (nSPS) is 14.9. The van der Waals surface area contributed by atoms with E-state index in [1.54, 1.807) is 0 Å². The molecule has 9 nitrogen and oxygen atoms in total. The molecule has 3 heterocycles. The molecule has 0 saturated carbocycles. The van der Waals surface area contributed by atoms with Crippen LogP contribution in [0.3, 0.4) is 0 Å². The van der Waals surface area contributed by atoms with Crippen LogP contribution in [0.4, 0.5) is 17.5 Å². The number of nitrogens with one attached hydrogen (secondary N) is 3. The van der Waals surface area contributed by atoms with Crippen molar-refractivity contribution in [1.82, 2.24) is 20.2 Å². The Morgan fingerprint density at radius 2 is 2.00 bits per heavy atom. The third-order valence-electron chi connectivity index (χ3n) is 5.25. The fourth-order valence-electron chi connectivity index (χ4n) is 3.59. The van der Waals surface area contributed by atoms with Crippen LogP contribution in [-0.4, -0.2) is 44.6 Å². The molecule has 0 bridgehead atoms. The standard InChI is InChI=1S/C20H23N7O2/c21-8-5-13-6-9-27(10-7-13)20-24-16-11-22-26-19(29)17(16)18(25-20)23-15-3-1-14(12-28)2-4-15/h1-4,8,11,13,21,28H,5-7,9-10,12H2,(H,26,29)(H,23,24,25). The summed E-state index contributed by atoms with van der Waals surface area (Å²) in [4.78, 5) is 23.7. The van der Waals surface area contributed by atoms with Crippen LogP contribution < -0.4 is 15.8 Å². The van der Waals surface area contributed by atoms with E-state index in [0.29, 0.717) is 28.6 Å². The third-order valence-corrected chi connectivity index (χ3v) is 5.25. The molecule has 0 unspecified atom stereocenters. The van der Waals surface area contributed by atoms with Gasteiger partial charge in [-0.15, -0.1) is 0 Å². The smallest absolute Gasteiger partial charge is 0.277 e. The zero-order valence-corrected chi connectivity index (χ0v) is 15.9.